The van der Waals surface area contributed by atoms with Crippen molar-refractivity contribution in [3.05, 3.63) is 97.7 Å². The first-order valence-corrected chi connectivity index (χ1v) is 13.1. The van der Waals surface area contributed by atoms with E-state index in [-0.39, 0.29) is 11.6 Å². The topological polar surface area (TPSA) is 47.9 Å². The number of carbonyl (C=O) groups excluding carboxylic acids is 1. The predicted molar refractivity (Wildman–Crippen MR) is 152 cm³/mol. The van der Waals surface area contributed by atoms with Crippen LogP contribution in [0.5, 0.6) is 5.75 Å². The molecule has 0 spiro atoms. The lowest BCUT2D eigenvalue weighted by atomic mass is 10.2. The largest absolute Gasteiger partial charge is 0.487 e. The summed E-state index contributed by atoms with van der Waals surface area (Å²) in [5.41, 5.74) is 2.65. The van der Waals surface area contributed by atoms with E-state index in [1.807, 2.05) is 48.5 Å². The van der Waals surface area contributed by atoms with Gasteiger partial charge in [-0.1, -0.05) is 35.3 Å². The Morgan fingerprint density at radius 3 is 2.34 bits per heavy atom. The van der Waals surface area contributed by atoms with E-state index >= 15 is 0 Å². The monoisotopic (exact) mass is 801 g/mol. The van der Waals surface area contributed by atoms with Crippen LogP contribution in [-0.2, 0) is 16.1 Å². The average molecular weight is 802 g/mol. The fourth-order valence-electron chi connectivity index (χ4n) is 2.88. The zero-order chi connectivity index (χ0) is 22.8. The molecular formula is C23H12Cl2I3NO3. The summed E-state index contributed by atoms with van der Waals surface area (Å²) < 4.78 is 14.2. The second-order valence-corrected chi connectivity index (χ2v) is 11.1. The van der Waals surface area contributed by atoms with Crippen molar-refractivity contribution in [1.82, 2.24) is 0 Å². The van der Waals surface area contributed by atoms with Crippen LogP contribution in [0.3, 0.4) is 0 Å². The van der Waals surface area contributed by atoms with Gasteiger partial charge in [0.1, 0.15) is 12.4 Å². The third-order valence-electron chi connectivity index (χ3n) is 4.40. The molecule has 1 aliphatic rings. The normalized spacial score (nSPS) is 14.5. The molecule has 0 amide bonds. The van der Waals surface area contributed by atoms with Gasteiger partial charge in [-0.15, -0.1) is 0 Å². The van der Waals surface area contributed by atoms with Gasteiger partial charge in [-0.25, -0.2) is 9.79 Å². The maximum Gasteiger partial charge on any atom is 0.363 e. The van der Waals surface area contributed by atoms with Gasteiger partial charge in [-0.3, -0.25) is 0 Å². The first-order valence-electron chi connectivity index (χ1n) is 9.14. The van der Waals surface area contributed by atoms with Crippen LogP contribution in [0.15, 0.2) is 65.3 Å². The van der Waals surface area contributed by atoms with Crippen molar-refractivity contribution < 1.29 is 14.3 Å². The Kier molecular flexibility index (Phi) is 8.01. The van der Waals surface area contributed by atoms with Crippen LogP contribution in [0.1, 0.15) is 16.7 Å². The Hall–Kier alpha value is -0.890. The van der Waals surface area contributed by atoms with E-state index < -0.39 is 5.97 Å². The molecule has 0 bridgehead atoms. The van der Waals surface area contributed by atoms with E-state index in [1.165, 1.54) is 0 Å². The molecule has 1 heterocycles. The predicted octanol–water partition coefficient (Wildman–Crippen LogP) is 7.73. The van der Waals surface area contributed by atoms with Crippen LogP contribution in [0.2, 0.25) is 10.0 Å². The third kappa shape index (κ3) is 5.78. The summed E-state index contributed by atoms with van der Waals surface area (Å²) in [4.78, 5) is 16.8. The number of aliphatic imine (C=N–C) groups is 1. The first-order chi connectivity index (χ1) is 15.3. The van der Waals surface area contributed by atoms with Crippen molar-refractivity contribution in [2.24, 2.45) is 4.99 Å². The van der Waals surface area contributed by atoms with Gasteiger partial charge in [0.05, 0.1) is 17.7 Å². The fraction of sp³-hybridized carbons (Fsp3) is 0.0435. The lowest BCUT2D eigenvalue weighted by Gasteiger charge is -2.11. The zero-order valence-corrected chi connectivity index (χ0v) is 24.0. The number of nitrogens with zero attached hydrogens (tertiary/aromatic N) is 1. The Morgan fingerprint density at radius 2 is 1.66 bits per heavy atom. The van der Waals surface area contributed by atoms with Gasteiger partial charge in [0.15, 0.2) is 5.70 Å². The minimum absolute atomic E-state index is 0.206. The van der Waals surface area contributed by atoms with Gasteiger partial charge in [-0.2, -0.15) is 0 Å². The molecule has 0 saturated carbocycles. The second-order valence-electron chi connectivity index (χ2n) is 6.69. The molecule has 0 atom stereocenters. The summed E-state index contributed by atoms with van der Waals surface area (Å²) in [6.45, 7) is 0.431. The number of benzene rings is 3. The maximum absolute atomic E-state index is 12.4. The number of hydrogen-bond acceptors (Lipinski definition) is 4. The summed E-state index contributed by atoms with van der Waals surface area (Å²) >= 11 is 18.8. The number of ether oxygens (including phenoxy) is 2. The van der Waals surface area contributed by atoms with E-state index in [9.17, 15) is 4.79 Å². The molecule has 9 heteroatoms. The number of hydrogen-bond donors (Lipinski definition) is 0. The fourth-order valence-corrected chi connectivity index (χ4v) is 5.82. The Morgan fingerprint density at radius 1 is 0.969 bits per heavy atom. The number of esters is 1. The molecule has 0 unspecified atom stereocenters. The van der Waals surface area contributed by atoms with E-state index in [0.717, 1.165) is 27.6 Å². The number of halogens is 5. The molecule has 0 radical (unpaired) electrons. The lowest BCUT2D eigenvalue weighted by Crippen LogP contribution is -2.06. The summed E-state index contributed by atoms with van der Waals surface area (Å²) in [5, 5.41) is 1.17. The van der Waals surface area contributed by atoms with Gasteiger partial charge in [-0.05, 0) is 127 Å². The SMILES string of the molecule is O=C1OC(c2cc(I)ccc2Cl)=N/C1=C\c1cc(I)c(OCc2ccc(Cl)cc2)c(I)c1. The Bertz CT molecular complexity index is 1250. The minimum atomic E-state index is -0.511. The average Bonchev–Trinajstić information content (AvgIpc) is 3.10. The van der Waals surface area contributed by atoms with E-state index in [1.54, 1.807) is 12.1 Å². The molecule has 0 N–H and O–H groups in total. The highest BCUT2D eigenvalue weighted by molar-refractivity contribution is 14.1. The molecule has 32 heavy (non-hydrogen) atoms. The molecule has 4 nitrogen and oxygen atoms in total. The summed E-state index contributed by atoms with van der Waals surface area (Å²) in [5.74, 6) is 0.479. The lowest BCUT2D eigenvalue weighted by molar-refractivity contribution is -0.129. The van der Waals surface area contributed by atoms with Crippen molar-refractivity contribution in [2.45, 2.75) is 6.61 Å². The Labute approximate surface area is 235 Å². The van der Waals surface area contributed by atoms with Crippen LogP contribution in [-0.4, -0.2) is 11.9 Å². The van der Waals surface area contributed by atoms with Crippen molar-refractivity contribution in [3.63, 3.8) is 0 Å². The van der Waals surface area contributed by atoms with Crippen molar-refractivity contribution in [3.8, 4) is 5.75 Å². The zero-order valence-electron chi connectivity index (χ0n) is 16.0. The number of carbonyl (C=O) groups is 1. The molecule has 4 rings (SSSR count). The standard InChI is InChI=1S/C23H12Cl2I3NO3/c24-14-3-1-12(2-4-14)11-31-21-18(27)7-13(8-19(21)28)9-20-23(30)32-22(29-20)16-10-15(26)5-6-17(16)25/h1-10H,11H2/b20-9-. The van der Waals surface area contributed by atoms with Gasteiger partial charge in [0, 0.05) is 8.59 Å². The molecule has 0 aliphatic carbocycles. The van der Waals surface area contributed by atoms with Crippen LogP contribution in [0.25, 0.3) is 6.08 Å². The van der Waals surface area contributed by atoms with Crippen molar-refractivity contribution in [2.75, 3.05) is 0 Å². The van der Waals surface area contributed by atoms with Crippen LogP contribution >= 0.6 is 91.0 Å². The molecule has 1 aliphatic heterocycles. The summed E-state index contributed by atoms with van der Waals surface area (Å²) in [7, 11) is 0. The molecule has 0 aromatic heterocycles. The van der Waals surface area contributed by atoms with Gasteiger partial charge < -0.3 is 9.47 Å². The smallest absolute Gasteiger partial charge is 0.363 e. The van der Waals surface area contributed by atoms with E-state index in [2.05, 4.69) is 72.8 Å². The highest BCUT2D eigenvalue weighted by atomic mass is 127. The molecule has 3 aromatic carbocycles. The highest BCUT2D eigenvalue weighted by Gasteiger charge is 2.26. The van der Waals surface area contributed by atoms with Crippen molar-refractivity contribution in [1.29, 1.82) is 0 Å². The Balaban J connectivity index is 1.57. The minimum Gasteiger partial charge on any atom is -0.487 e. The molecular weight excluding hydrogens is 790 g/mol. The van der Waals surface area contributed by atoms with Gasteiger partial charge in [0.25, 0.3) is 0 Å². The van der Waals surface area contributed by atoms with Gasteiger partial charge >= 0.3 is 5.97 Å². The van der Waals surface area contributed by atoms with Crippen LogP contribution in [0, 0.1) is 10.7 Å². The third-order valence-corrected chi connectivity index (χ3v) is 7.25. The maximum atomic E-state index is 12.4. The molecule has 0 saturated heterocycles. The molecule has 162 valence electrons. The van der Waals surface area contributed by atoms with Crippen LogP contribution < -0.4 is 4.74 Å². The molecule has 0 fully saturated rings. The first kappa shape index (κ1) is 24.2. The quantitative estimate of drug-likeness (QED) is 0.151. The highest BCUT2D eigenvalue weighted by Crippen LogP contribution is 2.32. The summed E-state index contributed by atoms with van der Waals surface area (Å²) in [6, 6.07) is 16.9. The van der Waals surface area contributed by atoms with Crippen molar-refractivity contribution >= 4 is 109 Å². The van der Waals surface area contributed by atoms with E-state index in [4.69, 9.17) is 32.7 Å². The second kappa shape index (κ2) is 10.6. The van der Waals surface area contributed by atoms with Crippen LogP contribution in [0.4, 0.5) is 0 Å². The van der Waals surface area contributed by atoms with Gasteiger partial charge in [0.2, 0.25) is 5.90 Å². The number of rotatable bonds is 5. The summed E-state index contributed by atoms with van der Waals surface area (Å²) in [6.07, 6.45) is 1.70. The number of cyclic esters (lactones) is 1. The van der Waals surface area contributed by atoms with E-state index in [0.29, 0.717) is 22.2 Å². The molecule has 3 aromatic rings.